The molecule has 0 saturated carbocycles. The van der Waals surface area contributed by atoms with Crippen LogP contribution in [0, 0.1) is 0 Å². The van der Waals surface area contributed by atoms with Crippen molar-refractivity contribution in [3.8, 4) is 11.5 Å². The molecule has 0 aliphatic carbocycles. The lowest BCUT2D eigenvalue weighted by molar-refractivity contribution is -0.127. The Bertz CT molecular complexity index is 863. The van der Waals surface area contributed by atoms with Crippen molar-refractivity contribution in [1.82, 2.24) is 20.6 Å². The molecule has 1 aromatic carbocycles. The summed E-state index contributed by atoms with van der Waals surface area (Å²) < 4.78 is 0. The third-order valence-electron chi connectivity index (χ3n) is 3.71. The number of nitrogens with zero attached hydrogens (tertiary/aromatic N) is 1. The average Bonchev–Trinajstić information content (AvgIpc) is 3.15. The van der Waals surface area contributed by atoms with Crippen LogP contribution in [0.2, 0.25) is 0 Å². The molecular formula is C18H21N5O5. The molecule has 0 radical (unpaired) electrons. The number of H-pyrrole nitrogens is 1. The number of nitrogens with one attached hydrogen (secondary N) is 3. The summed E-state index contributed by atoms with van der Waals surface area (Å²) in [6, 6.07) is 3.19. The van der Waals surface area contributed by atoms with E-state index in [1.165, 1.54) is 42.9 Å². The van der Waals surface area contributed by atoms with Gasteiger partial charge >= 0.3 is 0 Å². The number of phenolic OH excluding ortho intramolecular Hbond substituents is 2. The molecule has 0 unspecified atom stereocenters. The number of aromatic amines is 1. The van der Waals surface area contributed by atoms with E-state index in [4.69, 9.17) is 5.73 Å². The van der Waals surface area contributed by atoms with Gasteiger partial charge in [-0.2, -0.15) is 0 Å². The van der Waals surface area contributed by atoms with Crippen LogP contribution in [0.15, 0.2) is 36.8 Å². The minimum Gasteiger partial charge on any atom is -0.504 e. The zero-order chi connectivity index (χ0) is 20.5. The number of amides is 3. The number of primary amides is 1. The monoisotopic (exact) mass is 387 g/mol. The Morgan fingerprint density at radius 1 is 1.25 bits per heavy atom. The molecule has 2 aromatic rings. The highest BCUT2D eigenvalue weighted by molar-refractivity contribution is 5.95. The van der Waals surface area contributed by atoms with Crippen molar-refractivity contribution in [2.24, 2.45) is 5.73 Å². The normalized spacial score (nSPS) is 11.9. The molecule has 148 valence electrons. The predicted molar refractivity (Wildman–Crippen MR) is 99.8 cm³/mol. The fourth-order valence-electron chi connectivity index (χ4n) is 2.29. The fourth-order valence-corrected chi connectivity index (χ4v) is 2.29. The number of hydrogen-bond donors (Lipinski definition) is 6. The first-order valence-corrected chi connectivity index (χ1v) is 8.39. The van der Waals surface area contributed by atoms with Crippen LogP contribution >= 0.6 is 0 Å². The molecule has 0 aliphatic rings. The topological polar surface area (TPSA) is 170 Å². The zero-order valence-electron chi connectivity index (χ0n) is 14.9. The maximum atomic E-state index is 12.3. The van der Waals surface area contributed by atoms with Crippen molar-refractivity contribution in [2.45, 2.75) is 18.9 Å². The van der Waals surface area contributed by atoms with Gasteiger partial charge in [-0.3, -0.25) is 14.4 Å². The maximum Gasteiger partial charge on any atom is 0.244 e. The largest absolute Gasteiger partial charge is 0.504 e. The van der Waals surface area contributed by atoms with Gasteiger partial charge < -0.3 is 31.6 Å². The highest BCUT2D eigenvalue weighted by atomic mass is 16.3. The maximum absolute atomic E-state index is 12.3. The zero-order valence-corrected chi connectivity index (χ0v) is 14.9. The van der Waals surface area contributed by atoms with E-state index in [-0.39, 0.29) is 30.9 Å². The molecular weight excluding hydrogens is 366 g/mol. The first kappa shape index (κ1) is 20.5. The van der Waals surface area contributed by atoms with E-state index in [9.17, 15) is 24.6 Å². The molecule has 2 rings (SSSR count). The Morgan fingerprint density at radius 3 is 2.68 bits per heavy atom. The molecule has 1 aromatic heterocycles. The van der Waals surface area contributed by atoms with Crippen LogP contribution in [0.3, 0.4) is 0 Å². The molecule has 0 saturated heterocycles. The summed E-state index contributed by atoms with van der Waals surface area (Å²) in [5.41, 5.74) is 6.17. The second kappa shape index (κ2) is 9.76. The molecule has 28 heavy (non-hydrogen) atoms. The minimum absolute atomic E-state index is 0.0132. The van der Waals surface area contributed by atoms with Gasteiger partial charge in [0.15, 0.2) is 11.5 Å². The third-order valence-corrected chi connectivity index (χ3v) is 3.71. The number of benzene rings is 1. The molecule has 0 aliphatic heterocycles. The molecule has 0 bridgehead atoms. The van der Waals surface area contributed by atoms with Crippen LogP contribution in [-0.2, 0) is 20.8 Å². The van der Waals surface area contributed by atoms with Gasteiger partial charge in [0.2, 0.25) is 17.7 Å². The van der Waals surface area contributed by atoms with Crippen molar-refractivity contribution >= 4 is 23.8 Å². The number of imidazole rings is 1. The number of carbonyl (C=O) groups is 3. The number of nitrogens with two attached hydrogens (primary N) is 1. The van der Waals surface area contributed by atoms with Crippen LogP contribution in [0.4, 0.5) is 0 Å². The minimum atomic E-state index is -0.904. The number of carbonyl (C=O) groups excluding carboxylic acids is 3. The van der Waals surface area contributed by atoms with Crippen molar-refractivity contribution in [1.29, 1.82) is 0 Å². The predicted octanol–water partition coefficient (Wildman–Crippen LogP) is -0.447. The third kappa shape index (κ3) is 6.48. The lowest BCUT2D eigenvalue weighted by Gasteiger charge is -2.17. The second-order valence-electron chi connectivity index (χ2n) is 5.93. The van der Waals surface area contributed by atoms with Crippen molar-refractivity contribution in [3.05, 3.63) is 48.1 Å². The Labute approximate surface area is 160 Å². The number of phenols is 2. The van der Waals surface area contributed by atoms with E-state index >= 15 is 0 Å². The number of rotatable bonds is 9. The van der Waals surface area contributed by atoms with Crippen molar-refractivity contribution < 1.29 is 24.6 Å². The molecule has 0 fully saturated rings. The summed E-state index contributed by atoms with van der Waals surface area (Å²) in [7, 11) is 0. The SMILES string of the molecule is NC(=O)CCNC(=O)[C@H](Cc1cnc[nH]1)NC(=O)/C=C/c1ccc(O)c(O)c1. The number of hydrogen-bond acceptors (Lipinski definition) is 6. The summed E-state index contributed by atoms with van der Waals surface area (Å²) in [4.78, 5) is 42.1. The lowest BCUT2D eigenvalue weighted by Crippen LogP contribution is -2.48. The van der Waals surface area contributed by atoms with E-state index in [1.807, 2.05) is 0 Å². The van der Waals surface area contributed by atoms with Crippen LogP contribution < -0.4 is 16.4 Å². The van der Waals surface area contributed by atoms with Crippen molar-refractivity contribution in [2.75, 3.05) is 6.54 Å². The van der Waals surface area contributed by atoms with Gasteiger partial charge in [-0.25, -0.2) is 4.98 Å². The number of aromatic hydroxyl groups is 2. The van der Waals surface area contributed by atoms with Crippen LogP contribution in [0.5, 0.6) is 11.5 Å². The molecule has 10 heteroatoms. The molecule has 3 amide bonds. The highest BCUT2D eigenvalue weighted by Gasteiger charge is 2.21. The molecule has 10 nitrogen and oxygen atoms in total. The Balaban J connectivity index is 2.01. The van der Waals surface area contributed by atoms with Gasteiger partial charge in [0, 0.05) is 37.4 Å². The van der Waals surface area contributed by atoms with E-state index in [1.54, 1.807) is 0 Å². The van der Waals surface area contributed by atoms with Crippen LogP contribution in [-0.4, -0.2) is 50.5 Å². The van der Waals surface area contributed by atoms with Gasteiger partial charge in [-0.05, 0) is 23.8 Å². The van der Waals surface area contributed by atoms with E-state index in [2.05, 4.69) is 20.6 Å². The Morgan fingerprint density at radius 2 is 2.04 bits per heavy atom. The van der Waals surface area contributed by atoms with Crippen LogP contribution in [0.1, 0.15) is 17.7 Å². The molecule has 0 spiro atoms. The fraction of sp³-hybridized carbons (Fsp3) is 0.222. The lowest BCUT2D eigenvalue weighted by atomic mass is 10.1. The Hall–Kier alpha value is -3.82. The average molecular weight is 387 g/mol. The summed E-state index contributed by atoms with van der Waals surface area (Å²) >= 11 is 0. The van der Waals surface area contributed by atoms with E-state index in [0.29, 0.717) is 11.3 Å². The molecule has 1 heterocycles. The summed E-state index contributed by atoms with van der Waals surface area (Å²) in [6.07, 6.45) is 5.76. The van der Waals surface area contributed by atoms with Gasteiger partial charge in [-0.15, -0.1) is 0 Å². The number of aromatic nitrogens is 2. The van der Waals surface area contributed by atoms with Gasteiger partial charge in [0.25, 0.3) is 0 Å². The Kier molecular flexibility index (Phi) is 7.14. The van der Waals surface area contributed by atoms with Crippen molar-refractivity contribution in [3.63, 3.8) is 0 Å². The molecule has 7 N–H and O–H groups in total. The van der Waals surface area contributed by atoms with Gasteiger partial charge in [0.1, 0.15) is 6.04 Å². The van der Waals surface area contributed by atoms with Gasteiger partial charge in [0.05, 0.1) is 6.33 Å². The van der Waals surface area contributed by atoms with Gasteiger partial charge in [-0.1, -0.05) is 6.07 Å². The summed E-state index contributed by atoms with van der Waals surface area (Å²) in [6.45, 7) is 0.0616. The van der Waals surface area contributed by atoms with E-state index < -0.39 is 23.8 Å². The highest BCUT2D eigenvalue weighted by Crippen LogP contribution is 2.25. The second-order valence-corrected chi connectivity index (χ2v) is 5.93. The summed E-state index contributed by atoms with van der Waals surface area (Å²) in [5, 5.41) is 23.9. The first-order valence-electron chi connectivity index (χ1n) is 8.39. The smallest absolute Gasteiger partial charge is 0.244 e. The standard InChI is InChI=1S/C18H21N5O5/c19-16(26)5-6-21-18(28)13(8-12-9-20-10-22-12)23-17(27)4-2-11-1-3-14(24)15(25)7-11/h1-4,7,9-10,13,24-25H,5-6,8H2,(H2,19,26)(H,20,22)(H,21,28)(H,23,27)/b4-2+/t13-/m0/s1. The molecule has 1 atom stereocenters. The summed E-state index contributed by atoms with van der Waals surface area (Å²) in [5.74, 6) is -2.14. The van der Waals surface area contributed by atoms with Crippen LogP contribution in [0.25, 0.3) is 6.08 Å². The first-order chi connectivity index (χ1) is 13.3. The quantitative estimate of drug-likeness (QED) is 0.251. The van der Waals surface area contributed by atoms with E-state index in [0.717, 1.165) is 0 Å².